The minimum Gasteiger partial charge on any atom is -0.497 e. The lowest BCUT2D eigenvalue weighted by Crippen LogP contribution is -2.27. The first-order valence-electron chi connectivity index (χ1n) is 9.85. The number of fused-ring (bicyclic) bond motifs is 2. The van der Waals surface area contributed by atoms with Crippen molar-refractivity contribution in [3.63, 3.8) is 0 Å². The molecule has 0 radical (unpaired) electrons. The van der Waals surface area contributed by atoms with E-state index < -0.39 is 11.0 Å². The highest BCUT2D eigenvalue weighted by atomic mass is 35.5. The Kier molecular flexibility index (Phi) is 5.59. The number of hydrogen-bond acceptors (Lipinski definition) is 5. The molecule has 0 fully saturated rings. The third-order valence-electron chi connectivity index (χ3n) is 5.09. The lowest BCUT2D eigenvalue weighted by Gasteiger charge is -2.13. The van der Waals surface area contributed by atoms with Crippen molar-refractivity contribution in [3.05, 3.63) is 68.1 Å². The molecule has 2 aromatic carbocycles. The van der Waals surface area contributed by atoms with Gasteiger partial charge < -0.3 is 9.15 Å². The zero-order valence-electron chi connectivity index (χ0n) is 16.8. The topological polar surface area (TPSA) is 74.3 Å². The Bertz CT molecular complexity index is 1340. The number of methoxy groups -OCH3 is 1. The maximum absolute atomic E-state index is 13.4. The minimum absolute atomic E-state index is 0.0162. The van der Waals surface area contributed by atoms with Gasteiger partial charge in [-0.2, -0.15) is 4.98 Å². The molecule has 0 aliphatic rings. The summed E-state index contributed by atoms with van der Waals surface area (Å²) in [7, 11) is 1.53. The molecule has 0 spiro atoms. The Labute approximate surface area is 177 Å². The average molecular weight is 425 g/mol. The predicted molar refractivity (Wildman–Crippen MR) is 119 cm³/mol. The Morgan fingerprint density at radius 3 is 2.57 bits per heavy atom. The van der Waals surface area contributed by atoms with Gasteiger partial charge >= 0.3 is 0 Å². The van der Waals surface area contributed by atoms with E-state index in [1.165, 1.54) is 7.11 Å². The highest BCUT2D eigenvalue weighted by molar-refractivity contribution is 6.30. The number of halogens is 1. The molecule has 154 valence electrons. The van der Waals surface area contributed by atoms with E-state index >= 15 is 0 Å². The van der Waals surface area contributed by atoms with Gasteiger partial charge in [0.05, 0.1) is 12.5 Å². The van der Waals surface area contributed by atoms with Gasteiger partial charge in [-0.05, 0) is 42.8 Å². The van der Waals surface area contributed by atoms with Crippen LogP contribution in [0.2, 0.25) is 5.02 Å². The number of unbranched alkanes of at least 4 members (excludes halogenated alkanes) is 2. The van der Waals surface area contributed by atoms with Crippen molar-refractivity contribution in [2.45, 2.75) is 32.7 Å². The molecule has 0 aliphatic carbocycles. The summed E-state index contributed by atoms with van der Waals surface area (Å²) in [6.07, 6.45) is 2.79. The van der Waals surface area contributed by atoms with Gasteiger partial charge in [-0.25, -0.2) is 0 Å². The largest absolute Gasteiger partial charge is 0.497 e. The molecule has 0 aliphatic heterocycles. The van der Waals surface area contributed by atoms with Crippen molar-refractivity contribution in [3.8, 4) is 17.1 Å². The molecule has 7 heteroatoms. The monoisotopic (exact) mass is 424 g/mol. The van der Waals surface area contributed by atoms with Crippen LogP contribution < -0.4 is 15.7 Å². The fourth-order valence-electron chi connectivity index (χ4n) is 3.49. The van der Waals surface area contributed by atoms with Gasteiger partial charge in [0.1, 0.15) is 17.2 Å². The van der Waals surface area contributed by atoms with E-state index in [4.69, 9.17) is 20.8 Å². The van der Waals surface area contributed by atoms with Crippen molar-refractivity contribution < 1.29 is 9.15 Å². The van der Waals surface area contributed by atoms with Crippen molar-refractivity contribution in [1.29, 1.82) is 0 Å². The van der Waals surface area contributed by atoms with Crippen molar-refractivity contribution in [2.24, 2.45) is 0 Å². The number of hydrogen-bond donors (Lipinski definition) is 0. The van der Waals surface area contributed by atoms with Crippen LogP contribution in [0.3, 0.4) is 0 Å². The van der Waals surface area contributed by atoms with Crippen LogP contribution in [0, 0.1) is 0 Å². The van der Waals surface area contributed by atoms with Crippen LogP contribution in [-0.4, -0.2) is 16.7 Å². The Morgan fingerprint density at radius 2 is 1.87 bits per heavy atom. The summed E-state index contributed by atoms with van der Waals surface area (Å²) in [6.45, 7) is 2.56. The van der Waals surface area contributed by atoms with Crippen LogP contribution in [0.1, 0.15) is 26.2 Å². The van der Waals surface area contributed by atoms with E-state index in [-0.39, 0.29) is 11.1 Å². The van der Waals surface area contributed by atoms with Crippen LogP contribution in [0.25, 0.3) is 33.5 Å². The summed E-state index contributed by atoms with van der Waals surface area (Å²) in [6, 6.07) is 12.0. The molecule has 2 aromatic heterocycles. The highest BCUT2D eigenvalue weighted by Crippen LogP contribution is 2.24. The van der Waals surface area contributed by atoms with Crippen LogP contribution >= 0.6 is 11.6 Å². The van der Waals surface area contributed by atoms with Crippen LogP contribution in [0.4, 0.5) is 0 Å². The van der Waals surface area contributed by atoms with E-state index in [9.17, 15) is 9.59 Å². The zero-order chi connectivity index (χ0) is 21.3. The normalized spacial score (nSPS) is 11.3. The van der Waals surface area contributed by atoms with E-state index in [2.05, 4.69) is 11.9 Å². The van der Waals surface area contributed by atoms with Gasteiger partial charge in [0.25, 0.3) is 5.56 Å². The van der Waals surface area contributed by atoms with Gasteiger partial charge in [-0.1, -0.05) is 31.4 Å². The van der Waals surface area contributed by atoms with E-state index in [0.29, 0.717) is 34.1 Å². The Hall–Kier alpha value is -3.12. The molecule has 0 saturated heterocycles. The lowest BCUT2D eigenvalue weighted by molar-refractivity contribution is 0.414. The minimum atomic E-state index is -0.396. The van der Waals surface area contributed by atoms with Gasteiger partial charge in [0.15, 0.2) is 5.39 Å². The number of nitrogens with zero attached hydrogens (tertiary/aromatic N) is 2. The number of ether oxygens (including phenoxy) is 1. The number of aromatic nitrogens is 2. The Morgan fingerprint density at radius 1 is 1.10 bits per heavy atom. The van der Waals surface area contributed by atoms with Gasteiger partial charge in [0, 0.05) is 23.2 Å². The van der Waals surface area contributed by atoms with E-state index in [1.807, 2.05) is 0 Å². The highest BCUT2D eigenvalue weighted by Gasteiger charge is 2.19. The molecular formula is C23H21ClN2O4. The maximum Gasteiger partial charge on any atom is 0.269 e. The molecule has 0 unspecified atom stereocenters. The fourth-order valence-corrected chi connectivity index (χ4v) is 3.62. The van der Waals surface area contributed by atoms with Crippen LogP contribution in [-0.2, 0) is 6.54 Å². The fraction of sp³-hybridized carbons (Fsp3) is 0.261. The predicted octanol–water partition coefficient (Wildman–Crippen LogP) is 5.02. The molecule has 6 nitrogen and oxygen atoms in total. The maximum atomic E-state index is 13.4. The van der Waals surface area contributed by atoms with Crippen LogP contribution in [0.5, 0.6) is 5.75 Å². The SMILES string of the molecule is CCCCCn1c(-c2ccc(Cl)cc2)nc2oc3cc(OC)ccc3c(=O)c2c1=O. The molecule has 0 N–H and O–H groups in total. The molecule has 30 heavy (non-hydrogen) atoms. The first kappa shape index (κ1) is 20.2. The Balaban J connectivity index is 2.03. The molecule has 0 amide bonds. The number of benzene rings is 2. The summed E-state index contributed by atoms with van der Waals surface area (Å²) in [5.74, 6) is 1.00. The van der Waals surface area contributed by atoms with E-state index in [1.54, 1.807) is 47.0 Å². The van der Waals surface area contributed by atoms with Crippen molar-refractivity contribution in [1.82, 2.24) is 9.55 Å². The smallest absolute Gasteiger partial charge is 0.269 e. The van der Waals surface area contributed by atoms with Crippen molar-refractivity contribution in [2.75, 3.05) is 7.11 Å². The third-order valence-corrected chi connectivity index (χ3v) is 5.34. The standard InChI is InChI=1S/C23H21ClN2O4/c1-3-4-5-12-26-21(14-6-8-15(24)9-7-14)25-22-19(23(26)28)20(27)17-11-10-16(29-2)13-18(17)30-22/h6-11,13H,3-5,12H2,1-2H3. The van der Waals surface area contributed by atoms with Gasteiger partial charge in [-0.3, -0.25) is 14.2 Å². The van der Waals surface area contributed by atoms with E-state index in [0.717, 1.165) is 24.8 Å². The summed E-state index contributed by atoms with van der Waals surface area (Å²) in [5.41, 5.74) is 0.279. The summed E-state index contributed by atoms with van der Waals surface area (Å²) in [4.78, 5) is 31.1. The third kappa shape index (κ3) is 3.59. The second kappa shape index (κ2) is 8.32. The summed E-state index contributed by atoms with van der Waals surface area (Å²) in [5, 5.41) is 0.868. The van der Waals surface area contributed by atoms with Crippen molar-refractivity contribution >= 4 is 33.7 Å². The quantitative estimate of drug-likeness (QED) is 0.321. The molecule has 0 bridgehead atoms. The van der Waals surface area contributed by atoms with Gasteiger partial charge in [0.2, 0.25) is 11.1 Å². The summed E-state index contributed by atoms with van der Waals surface area (Å²) < 4.78 is 12.7. The van der Waals surface area contributed by atoms with Crippen LogP contribution in [0.15, 0.2) is 56.5 Å². The first-order valence-corrected chi connectivity index (χ1v) is 10.2. The molecule has 0 saturated carbocycles. The molecule has 4 aromatic rings. The number of rotatable bonds is 6. The molecule has 0 atom stereocenters. The average Bonchev–Trinajstić information content (AvgIpc) is 2.75. The molecular weight excluding hydrogens is 404 g/mol. The second-order valence-corrected chi connectivity index (χ2v) is 7.52. The summed E-state index contributed by atoms with van der Waals surface area (Å²) >= 11 is 6.02. The lowest BCUT2D eigenvalue weighted by atomic mass is 10.1. The van der Waals surface area contributed by atoms with Gasteiger partial charge in [-0.15, -0.1) is 0 Å². The first-order chi connectivity index (χ1) is 14.5. The zero-order valence-corrected chi connectivity index (χ0v) is 17.5. The molecule has 4 rings (SSSR count). The second-order valence-electron chi connectivity index (χ2n) is 7.08. The molecule has 2 heterocycles.